The second-order valence-corrected chi connectivity index (χ2v) is 6.01. The number of carbonyl (C=O) groups is 1. The molecule has 0 radical (unpaired) electrons. The molecule has 0 aromatic rings. The van der Waals surface area contributed by atoms with Crippen LogP contribution in [0.4, 0.5) is 0 Å². The maximum atomic E-state index is 12.4. The Labute approximate surface area is 98.7 Å². The zero-order valence-corrected chi connectivity index (χ0v) is 10.8. The number of hydrogen-bond acceptors (Lipinski definition) is 2. The Morgan fingerprint density at radius 1 is 1.25 bits per heavy atom. The van der Waals surface area contributed by atoms with Gasteiger partial charge in [0.2, 0.25) is 0 Å². The van der Waals surface area contributed by atoms with Crippen LogP contribution in [-0.2, 0) is 9.53 Å². The van der Waals surface area contributed by atoms with Crippen molar-refractivity contribution in [2.24, 2.45) is 17.8 Å². The van der Waals surface area contributed by atoms with Crippen LogP contribution < -0.4 is 0 Å². The van der Waals surface area contributed by atoms with Crippen LogP contribution in [-0.4, -0.2) is 18.0 Å². The Balaban J connectivity index is 2.00. The molecule has 0 amide bonds. The summed E-state index contributed by atoms with van der Waals surface area (Å²) in [7, 11) is 0. The van der Waals surface area contributed by atoms with Gasteiger partial charge in [-0.3, -0.25) is 4.79 Å². The highest BCUT2D eigenvalue weighted by atomic mass is 16.5. The van der Waals surface area contributed by atoms with Gasteiger partial charge < -0.3 is 4.74 Å². The molecule has 1 aliphatic heterocycles. The van der Waals surface area contributed by atoms with Crippen LogP contribution in [0, 0.1) is 17.8 Å². The van der Waals surface area contributed by atoms with E-state index in [0.29, 0.717) is 11.7 Å². The van der Waals surface area contributed by atoms with Crippen molar-refractivity contribution in [3.63, 3.8) is 0 Å². The Morgan fingerprint density at radius 3 is 2.56 bits per heavy atom. The molecule has 2 heteroatoms. The molecule has 0 aromatic carbocycles. The highest BCUT2D eigenvalue weighted by Crippen LogP contribution is 2.38. The number of ketones is 1. The largest absolute Gasteiger partial charge is 0.367 e. The Kier molecular flexibility index (Phi) is 3.39. The van der Waals surface area contributed by atoms with E-state index in [9.17, 15) is 4.79 Å². The third kappa shape index (κ3) is 2.17. The number of hydrogen-bond donors (Lipinski definition) is 0. The zero-order chi connectivity index (χ0) is 11.8. The quantitative estimate of drug-likeness (QED) is 0.720. The van der Waals surface area contributed by atoms with Crippen molar-refractivity contribution in [2.75, 3.05) is 6.61 Å². The Morgan fingerprint density at radius 2 is 2.00 bits per heavy atom. The predicted octanol–water partition coefficient (Wildman–Crippen LogP) is 3.20. The van der Waals surface area contributed by atoms with Crippen LogP contribution in [0.25, 0.3) is 0 Å². The van der Waals surface area contributed by atoms with Crippen LogP contribution in [0.3, 0.4) is 0 Å². The third-order valence-corrected chi connectivity index (χ3v) is 4.71. The molecule has 0 bridgehead atoms. The van der Waals surface area contributed by atoms with E-state index in [1.165, 1.54) is 6.42 Å². The first kappa shape index (κ1) is 12.1. The first-order valence-corrected chi connectivity index (χ1v) is 6.71. The summed E-state index contributed by atoms with van der Waals surface area (Å²) in [6.07, 6.45) is 5.31. The standard InChI is InChI=1S/C14H24O2/c1-10-5-6-12(9-11(10)2)13(15)14(3)7-4-8-16-14/h10-12H,4-9H2,1-3H3. The summed E-state index contributed by atoms with van der Waals surface area (Å²) in [6.45, 7) is 7.34. The molecule has 1 saturated heterocycles. The van der Waals surface area contributed by atoms with Gasteiger partial charge in [-0.15, -0.1) is 0 Å². The summed E-state index contributed by atoms with van der Waals surface area (Å²) in [5, 5.41) is 0. The van der Waals surface area contributed by atoms with Crippen molar-refractivity contribution < 1.29 is 9.53 Å². The summed E-state index contributed by atoms with van der Waals surface area (Å²) in [6, 6.07) is 0. The minimum absolute atomic E-state index is 0.259. The van der Waals surface area contributed by atoms with Crippen LogP contribution in [0.15, 0.2) is 0 Å². The van der Waals surface area contributed by atoms with Crippen LogP contribution >= 0.6 is 0 Å². The average Bonchev–Trinajstić information content (AvgIpc) is 2.70. The molecule has 2 rings (SSSR count). The Hall–Kier alpha value is -0.370. The normalized spacial score (nSPS) is 44.6. The van der Waals surface area contributed by atoms with Gasteiger partial charge in [-0.05, 0) is 50.9 Å². The molecule has 2 fully saturated rings. The number of carbonyl (C=O) groups excluding carboxylic acids is 1. The van der Waals surface area contributed by atoms with Crippen molar-refractivity contribution >= 4 is 5.78 Å². The molecule has 2 aliphatic rings. The lowest BCUT2D eigenvalue weighted by molar-refractivity contribution is -0.143. The van der Waals surface area contributed by atoms with Gasteiger partial charge in [-0.2, -0.15) is 0 Å². The van der Waals surface area contributed by atoms with Crippen molar-refractivity contribution in [3.05, 3.63) is 0 Å². The smallest absolute Gasteiger partial charge is 0.167 e. The highest BCUT2D eigenvalue weighted by molar-refractivity contribution is 5.89. The number of rotatable bonds is 2. The van der Waals surface area contributed by atoms with E-state index in [1.54, 1.807) is 0 Å². The first-order valence-electron chi connectivity index (χ1n) is 6.71. The number of ether oxygens (including phenoxy) is 1. The van der Waals surface area contributed by atoms with Crippen molar-refractivity contribution in [3.8, 4) is 0 Å². The van der Waals surface area contributed by atoms with Gasteiger partial charge >= 0.3 is 0 Å². The van der Waals surface area contributed by atoms with Crippen LogP contribution in [0.1, 0.15) is 52.9 Å². The fourth-order valence-electron chi connectivity index (χ4n) is 3.19. The maximum absolute atomic E-state index is 12.4. The predicted molar refractivity (Wildman–Crippen MR) is 64.3 cm³/mol. The van der Waals surface area contributed by atoms with Gasteiger partial charge in [0.1, 0.15) is 5.60 Å². The lowest BCUT2D eigenvalue weighted by atomic mass is 9.71. The maximum Gasteiger partial charge on any atom is 0.167 e. The van der Waals surface area contributed by atoms with E-state index < -0.39 is 5.60 Å². The van der Waals surface area contributed by atoms with Gasteiger partial charge in [-0.1, -0.05) is 13.8 Å². The molecule has 0 N–H and O–H groups in total. The second kappa shape index (κ2) is 4.48. The van der Waals surface area contributed by atoms with E-state index in [0.717, 1.165) is 38.2 Å². The molecule has 4 unspecified atom stereocenters. The molecular formula is C14H24O2. The van der Waals surface area contributed by atoms with Crippen molar-refractivity contribution in [1.82, 2.24) is 0 Å². The summed E-state index contributed by atoms with van der Waals surface area (Å²) in [5.74, 6) is 2.10. The van der Waals surface area contributed by atoms with E-state index in [4.69, 9.17) is 4.74 Å². The summed E-state index contributed by atoms with van der Waals surface area (Å²) >= 11 is 0. The second-order valence-electron chi connectivity index (χ2n) is 6.01. The topological polar surface area (TPSA) is 26.3 Å². The number of Topliss-reactive ketones (excluding diaryl/α,β-unsaturated/α-hetero) is 1. The van der Waals surface area contributed by atoms with E-state index in [-0.39, 0.29) is 5.92 Å². The molecular weight excluding hydrogens is 200 g/mol. The molecule has 1 aliphatic carbocycles. The van der Waals surface area contributed by atoms with Crippen molar-refractivity contribution in [2.45, 2.75) is 58.5 Å². The fourth-order valence-corrected chi connectivity index (χ4v) is 3.19. The van der Waals surface area contributed by atoms with Crippen LogP contribution in [0.5, 0.6) is 0 Å². The highest BCUT2D eigenvalue weighted by Gasteiger charge is 2.42. The van der Waals surface area contributed by atoms with Gasteiger partial charge in [0.25, 0.3) is 0 Å². The molecule has 1 heterocycles. The Bertz CT molecular complexity index is 266. The lowest BCUT2D eigenvalue weighted by Gasteiger charge is -2.35. The molecule has 1 saturated carbocycles. The van der Waals surface area contributed by atoms with Gasteiger partial charge in [-0.25, -0.2) is 0 Å². The van der Waals surface area contributed by atoms with Gasteiger partial charge in [0.15, 0.2) is 5.78 Å². The summed E-state index contributed by atoms with van der Waals surface area (Å²) < 4.78 is 5.67. The van der Waals surface area contributed by atoms with E-state index in [1.807, 2.05) is 6.92 Å². The first-order chi connectivity index (χ1) is 7.53. The molecule has 2 nitrogen and oxygen atoms in total. The molecule has 4 atom stereocenters. The SMILES string of the molecule is CC1CCC(C(=O)C2(C)CCCO2)CC1C. The third-order valence-electron chi connectivity index (χ3n) is 4.71. The molecule has 0 aromatic heterocycles. The van der Waals surface area contributed by atoms with E-state index in [2.05, 4.69) is 13.8 Å². The summed E-state index contributed by atoms with van der Waals surface area (Å²) in [5.41, 5.74) is -0.453. The minimum Gasteiger partial charge on any atom is -0.367 e. The van der Waals surface area contributed by atoms with E-state index >= 15 is 0 Å². The fraction of sp³-hybridized carbons (Fsp3) is 0.929. The minimum atomic E-state index is -0.453. The average molecular weight is 224 g/mol. The van der Waals surface area contributed by atoms with Crippen molar-refractivity contribution in [1.29, 1.82) is 0 Å². The van der Waals surface area contributed by atoms with Crippen LogP contribution in [0.2, 0.25) is 0 Å². The monoisotopic (exact) mass is 224 g/mol. The van der Waals surface area contributed by atoms with Gasteiger partial charge in [0.05, 0.1) is 0 Å². The lowest BCUT2D eigenvalue weighted by Crippen LogP contribution is -2.41. The summed E-state index contributed by atoms with van der Waals surface area (Å²) in [4.78, 5) is 12.4. The molecule has 92 valence electrons. The molecule has 16 heavy (non-hydrogen) atoms. The molecule has 0 spiro atoms. The van der Waals surface area contributed by atoms with Gasteiger partial charge in [0, 0.05) is 12.5 Å². The zero-order valence-electron chi connectivity index (χ0n) is 10.8.